The molecule has 0 aliphatic heterocycles. The van der Waals surface area contributed by atoms with Gasteiger partial charge in [0.1, 0.15) is 0 Å². The number of nitrogens with zero attached hydrogens (tertiary/aromatic N) is 1. The number of rotatable bonds is 4. The maximum absolute atomic E-state index is 12.5. The number of non-ortho nitro benzene ring substituents is 1. The van der Waals surface area contributed by atoms with Gasteiger partial charge < -0.3 is 10.3 Å². The molecule has 130 valence electrons. The van der Waals surface area contributed by atoms with Crippen molar-refractivity contribution < 1.29 is 14.5 Å². The molecule has 2 N–H and O–H groups in total. The van der Waals surface area contributed by atoms with E-state index in [-0.39, 0.29) is 11.7 Å². The molecule has 1 aromatic heterocycles. The third-order valence-electron chi connectivity index (χ3n) is 4.76. The van der Waals surface area contributed by atoms with Crippen LogP contribution in [-0.2, 0) is 11.2 Å². The number of nitrogens with one attached hydrogen (secondary N) is 2. The maximum atomic E-state index is 12.5. The van der Waals surface area contributed by atoms with Gasteiger partial charge in [-0.3, -0.25) is 19.7 Å². The van der Waals surface area contributed by atoms with Gasteiger partial charge in [-0.05, 0) is 36.1 Å². The van der Waals surface area contributed by atoms with Crippen molar-refractivity contribution in [3.05, 3.63) is 75.5 Å². The molecular formula is C19H15N3O4. The van der Waals surface area contributed by atoms with E-state index >= 15 is 0 Å². The molecule has 0 saturated heterocycles. The van der Waals surface area contributed by atoms with Crippen molar-refractivity contribution in [2.24, 2.45) is 0 Å². The highest BCUT2D eigenvalue weighted by atomic mass is 16.6. The molecule has 1 aliphatic carbocycles. The van der Waals surface area contributed by atoms with Gasteiger partial charge in [0.2, 0.25) is 0 Å². The Morgan fingerprint density at radius 2 is 2.00 bits per heavy atom. The van der Waals surface area contributed by atoms with Crippen molar-refractivity contribution in [3.63, 3.8) is 0 Å². The van der Waals surface area contributed by atoms with Gasteiger partial charge in [0, 0.05) is 29.2 Å². The van der Waals surface area contributed by atoms with Crippen LogP contribution in [0.5, 0.6) is 0 Å². The number of H-pyrrole nitrogens is 1. The number of benzene rings is 2. The zero-order valence-corrected chi connectivity index (χ0v) is 13.7. The van der Waals surface area contributed by atoms with E-state index < -0.39 is 16.6 Å². The zero-order chi connectivity index (χ0) is 18.3. The van der Waals surface area contributed by atoms with E-state index in [2.05, 4.69) is 10.3 Å². The van der Waals surface area contributed by atoms with Gasteiger partial charge in [-0.1, -0.05) is 18.2 Å². The minimum Gasteiger partial charge on any atom is -0.360 e. The van der Waals surface area contributed by atoms with Gasteiger partial charge in [0.25, 0.3) is 17.4 Å². The number of aromatic nitrogens is 1. The molecule has 2 aromatic carbocycles. The van der Waals surface area contributed by atoms with Crippen LogP contribution in [0, 0.1) is 10.1 Å². The van der Waals surface area contributed by atoms with Gasteiger partial charge in [-0.2, -0.15) is 0 Å². The molecule has 7 nitrogen and oxygen atoms in total. The Balaban J connectivity index is 1.55. The van der Waals surface area contributed by atoms with E-state index in [1.54, 1.807) is 18.3 Å². The molecule has 0 fully saturated rings. The number of amides is 1. The normalized spacial score (nSPS) is 15.6. The Morgan fingerprint density at radius 3 is 2.81 bits per heavy atom. The summed E-state index contributed by atoms with van der Waals surface area (Å²) in [4.78, 5) is 38.4. The number of para-hydroxylation sites is 1. The molecule has 26 heavy (non-hydrogen) atoms. The lowest BCUT2D eigenvalue weighted by Crippen LogP contribution is -2.33. The van der Waals surface area contributed by atoms with E-state index in [0.29, 0.717) is 23.8 Å². The highest BCUT2D eigenvalue weighted by Gasteiger charge is 2.28. The molecule has 0 spiro atoms. The second kappa shape index (κ2) is 6.11. The predicted molar refractivity (Wildman–Crippen MR) is 94.9 cm³/mol. The summed E-state index contributed by atoms with van der Waals surface area (Å²) in [5.74, 6) is -1.27. The second-order valence-electron chi connectivity index (χ2n) is 6.28. The largest absolute Gasteiger partial charge is 0.360 e. The summed E-state index contributed by atoms with van der Waals surface area (Å²) < 4.78 is 0. The van der Waals surface area contributed by atoms with Crippen LogP contribution in [-0.4, -0.2) is 21.6 Å². The maximum Gasteiger partial charge on any atom is 0.292 e. The van der Waals surface area contributed by atoms with Gasteiger partial charge in [-0.25, -0.2) is 0 Å². The highest BCUT2D eigenvalue weighted by molar-refractivity contribution is 6.45. The minimum absolute atomic E-state index is 0.0330. The summed E-state index contributed by atoms with van der Waals surface area (Å²) in [5, 5.41) is 14.3. The van der Waals surface area contributed by atoms with Crippen LogP contribution in [0.2, 0.25) is 0 Å². The van der Waals surface area contributed by atoms with Gasteiger partial charge >= 0.3 is 0 Å². The Morgan fingerprint density at radius 1 is 1.19 bits per heavy atom. The Hall–Kier alpha value is -3.48. The van der Waals surface area contributed by atoms with Gasteiger partial charge in [-0.15, -0.1) is 0 Å². The lowest BCUT2D eigenvalue weighted by molar-refractivity contribution is -0.384. The number of aromatic amines is 1. The Kier molecular flexibility index (Phi) is 3.76. The van der Waals surface area contributed by atoms with E-state index in [4.69, 9.17) is 0 Å². The molecule has 1 unspecified atom stereocenters. The standard InChI is InChI=1S/C19H15N3O4/c23-18(15-10-20-16-4-2-1-3-14(15)16)19(24)21-17-8-5-11-9-12(22(25)26)6-7-13(11)17/h1-4,6-7,9-10,17,20H,5,8H2,(H,21,24). The first-order valence-corrected chi connectivity index (χ1v) is 8.23. The van der Waals surface area contributed by atoms with Crippen molar-refractivity contribution in [2.45, 2.75) is 18.9 Å². The molecule has 3 aromatic rings. The fourth-order valence-corrected chi connectivity index (χ4v) is 3.47. The van der Waals surface area contributed by atoms with Crippen molar-refractivity contribution in [1.29, 1.82) is 0 Å². The van der Waals surface area contributed by atoms with E-state index in [1.807, 2.05) is 18.2 Å². The monoisotopic (exact) mass is 349 g/mol. The number of carbonyl (C=O) groups excluding carboxylic acids is 2. The summed E-state index contributed by atoms with van der Waals surface area (Å²) in [6, 6.07) is 11.6. The number of carbonyl (C=O) groups is 2. The number of hydrogen-bond acceptors (Lipinski definition) is 4. The first-order valence-electron chi connectivity index (χ1n) is 8.23. The van der Waals surface area contributed by atoms with Crippen LogP contribution in [0.1, 0.15) is 33.9 Å². The Labute approximate surface area is 148 Å². The molecule has 0 radical (unpaired) electrons. The minimum atomic E-state index is -0.675. The number of Topliss-reactive ketones (excluding diaryl/α,β-unsaturated/α-hetero) is 1. The molecule has 7 heteroatoms. The zero-order valence-electron chi connectivity index (χ0n) is 13.7. The Bertz CT molecular complexity index is 1050. The number of nitro benzene ring substituents is 1. The van der Waals surface area contributed by atoms with Crippen LogP contribution in [0.3, 0.4) is 0 Å². The number of nitro groups is 1. The molecule has 1 amide bonds. The van der Waals surface area contributed by atoms with Crippen LogP contribution >= 0.6 is 0 Å². The van der Waals surface area contributed by atoms with Gasteiger partial charge in [0.05, 0.1) is 16.5 Å². The first-order chi connectivity index (χ1) is 12.5. The van der Waals surface area contributed by atoms with Gasteiger partial charge in [0.15, 0.2) is 0 Å². The summed E-state index contributed by atoms with van der Waals surface area (Å²) in [6.07, 6.45) is 2.78. The average molecular weight is 349 g/mol. The summed E-state index contributed by atoms with van der Waals surface area (Å²) in [6.45, 7) is 0. The van der Waals surface area contributed by atoms with Crippen LogP contribution in [0.15, 0.2) is 48.7 Å². The molecule has 4 rings (SSSR count). The molecule has 1 heterocycles. The van der Waals surface area contributed by atoms with E-state index in [1.165, 1.54) is 12.1 Å². The molecule has 1 atom stereocenters. The third-order valence-corrected chi connectivity index (χ3v) is 4.76. The predicted octanol–water partition coefficient (Wildman–Crippen LogP) is 3.06. The van der Waals surface area contributed by atoms with Crippen molar-refractivity contribution in [3.8, 4) is 0 Å². The molecule has 1 aliphatic rings. The van der Waals surface area contributed by atoms with E-state index in [9.17, 15) is 19.7 Å². The summed E-state index contributed by atoms with van der Waals surface area (Å²) in [5.41, 5.74) is 2.83. The second-order valence-corrected chi connectivity index (χ2v) is 6.28. The van der Waals surface area contributed by atoms with Crippen molar-refractivity contribution >= 4 is 28.3 Å². The number of fused-ring (bicyclic) bond motifs is 2. The third kappa shape index (κ3) is 2.63. The quantitative estimate of drug-likeness (QED) is 0.327. The average Bonchev–Trinajstić information content (AvgIpc) is 3.25. The SMILES string of the molecule is O=C(NC1CCc2cc([N+](=O)[O-])ccc21)C(=O)c1c[nH]c2ccccc12. The van der Waals surface area contributed by atoms with Crippen molar-refractivity contribution in [1.82, 2.24) is 10.3 Å². The number of aryl methyl sites for hydroxylation is 1. The topological polar surface area (TPSA) is 105 Å². The van der Waals surface area contributed by atoms with Crippen LogP contribution < -0.4 is 5.32 Å². The fraction of sp³-hybridized carbons (Fsp3) is 0.158. The van der Waals surface area contributed by atoms with Crippen LogP contribution in [0.4, 0.5) is 5.69 Å². The lowest BCUT2D eigenvalue weighted by atomic mass is 10.1. The first kappa shape index (κ1) is 16.0. The highest BCUT2D eigenvalue weighted by Crippen LogP contribution is 2.33. The summed E-state index contributed by atoms with van der Waals surface area (Å²) in [7, 11) is 0. The smallest absolute Gasteiger partial charge is 0.292 e. The van der Waals surface area contributed by atoms with Crippen LogP contribution in [0.25, 0.3) is 10.9 Å². The molecule has 0 saturated carbocycles. The number of hydrogen-bond donors (Lipinski definition) is 2. The number of ketones is 1. The fourth-order valence-electron chi connectivity index (χ4n) is 3.47. The summed E-state index contributed by atoms with van der Waals surface area (Å²) >= 11 is 0. The molecule has 0 bridgehead atoms. The van der Waals surface area contributed by atoms with Crippen molar-refractivity contribution in [2.75, 3.05) is 0 Å². The lowest BCUT2D eigenvalue weighted by Gasteiger charge is -2.13. The molecular weight excluding hydrogens is 334 g/mol. The van der Waals surface area contributed by atoms with E-state index in [0.717, 1.165) is 16.6 Å².